The summed E-state index contributed by atoms with van der Waals surface area (Å²) < 4.78 is 11.0. The van der Waals surface area contributed by atoms with Crippen LogP contribution in [0.4, 0.5) is 0 Å². The predicted octanol–water partition coefficient (Wildman–Crippen LogP) is 4.22. The minimum Gasteiger partial charge on any atom is -0.490 e. The number of halogens is 1. The molecular formula is C19H26ClNO3. The molecule has 0 N–H and O–H groups in total. The Bertz CT molecular complexity index is 591. The maximum absolute atomic E-state index is 11.9. The van der Waals surface area contributed by atoms with Crippen LogP contribution in [-0.4, -0.2) is 43.2 Å². The number of likely N-dealkylation sites (tertiary alicyclic amines) is 1. The first-order valence-corrected chi connectivity index (χ1v) is 9.25. The molecule has 3 rings (SSSR count). The van der Waals surface area contributed by atoms with E-state index in [-0.39, 0.29) is 12.1 Å². The molecule has 0 bridgehead atoms. The molecule has 1 saturated carbocycles. The Kier molecular flexibility index (Phi) is 5.67. The van der Waals surface area contributed by atoms with E-state index in [4.69, 9.17) is 21.1 Å². The summed E-state index contributed by atoms with van der Waals surface area (Å²) in [5, 5.41) is 0.502. The summed E-state index contributed by atoms with van der Waals surface area (Å²) in [5.74, 6) is 0.324. The van der Waals surface area contributed by atoms with E-state index in [2.05, 4.69) is 4.90 Å². The maximum atomic E-state index is 11.9. The third-order valence-corrected chi connectivity index (χ3v) is 5.54. The largest absolute Gasteiger partial charge is 0.490 e. The number of ether oxygens (including phenoxy) is 2. The zero-order valence-corrected chi connectivity index (χ0v) is 15.3. The minimum atomic E-state index is -0.377. The summed E-state index contributed by atoms with van der Waals surface area (Å²) in [5.41, 5.74) is 1.28. The highest BCUT2D eigenvalue weighted by molar-refractivity contribution is 6.31. The lowest BCUT2D eigenvalue weighted by atomic mass is 9.92. The van der Waals surface area contributed by atoms with Gasteiger partial charge in [0.2, 0.25) is 0 Å². The number of carbonyl (C=O) groups is 1. The van der Waals surface area contributed by atoms with Crippen LogP contribution >= 0.6 is 11.6 Å². The molecule has 5 heteroatoms. The zero-order chi connectivity index (χ0) is 17.1. The van der Waals surface area contributed by atoms with Gasteiger partial charge in [-0.15, -0.1) is 0 Å². The Labute approximate surface area is 149 Å². The van der Waals surface area contributed by atoms with Crippen LogP contribution in [-0.2, 0) is 4.74 Å². The predicted molar refractivity (Wildman–Crippen MR) is 95.0 cm³/mol. The Morgan fingerprint density at radius 3 is 2.46 bits per heavy atom. The number of esters is 1. The van der Waals surface area contributed by atoms with Crippen LogP contribution in [0.15, 0.2) is 12.1 Å². The van der Waals surface area contributed by atoms with Gasteiger partial charge >= 0.3 is 5.97 Å². The van der Waals surface area contributed by atoms with Crippen LogP contribution in [0.3, 0.4) is 0 Å². The van der Waals surface area contributed by atoms with Gasteiger partial charge in [-0.05, 0) is 70.7 Å². The van der Waals surface area contributed by atoms with Crippen molar-refractivity contribution >= 4 is 17.6 Å². The third kappa shape index (κ3) is 3.86. The van der Waals surface area contributed by atoms with Crippen LogP contribution in [0.1, 0.15) is 54.4 Å². The Balaban J connectivity index is 1.64. The van der Waals surface area contributed by atoms with E-state index in [1.807, 2.05) is 6.92 Å². The number of hydrogen-bond donors (Lipinski definition) is 0. The maximum Gasteiger partial charge on any atom is 0.338 e. The average molecular weight is 352 g/mol. The van der Waals surface area contributed by atoms with Gasteiger partial charge in [-0.25, -0.2) is 4.79 Å². The SMILES string of the molecule is COC(=O)c1cc(Cl)cc(OC2CCC(N3CCCC3)CC2)c1C. The molecule has 0 radical (unpaired) electrons. The normalized spacial score (nSPS) is 24.8. The van der Waals surface area contributed by atoms with Crippen molar-refractivity contribution < 1.29 is 14.3 Å². The fraction of sp³-hybridized carbons (Fsp3) is 0.632. The molecule has 0 unspecified atom stereocenters. The molecule has 0 aromatic heterocycles. The summed E-state index contributed by atoms with van der Waals surface area (Å²) >= 11 is 6.16. The highest BCUT2D eigenvalue weighted by Crippen LogP contribution is 2.32. The first-order valence-electron chi connectivity index (χ1n) is 8.87. The standard InChI is InChI=1S/C19H26ClNO3/c1-13-17(19(22)23-2)11-14(20)12-18(13)24-16-7-5-15(6-8-16)21-9-3-4-10-21/h11-12,15-16H,3-10H2,1-2H3. The van der Waals surface area contributed by atoms with Crippen LogP contribution in [0.25, 0.3) is 0 Å². The molecule has 4 nitrogen and oxygen atoms in total. The zero-order valence-electron chi connectivity index (χ0n) is 14.5. The first kappa shape index (κ1) is 17.6. The molecule has 1 aromatic rings. The van der Waals surface area contributed by atoms with E-state index in [1.165, 1.54) is 45.9 Å². The van der Waals surface area contributed by atoms with Gasteiger partial charge < -0.3 is 14.4 Å². The molecule has 24 heavy (non-hydrogen) atoms. The van der Waals surface area contributed by atoms with E-state index < -0.39 is 0 Å². The van der Waals surface area contributed by atoms with Crippen molar-refractivity contribution in [3.05, 3.63) is 28.3 Å². The fourth-order valence-corrected chi connectivity index (χ4v) is 4.12. The first-order chi connectivity index (χ1) is 11.6. The van der Waals surface area contributed by atoms with E-state index in [1.54, 1.807) is 12.1 Å². The summed E-state index contributed by atoms with van der Waals surface area (Å²) in [6.07, 6.45) is 7.37. The number of benzene rings is 1. The molecule has 0 spiro atoms. The van der Waals surface area contributed by atoms with Gasteiger partial charge in [-0.3, -0.25) is 0 Å². The van der Waals surface area contributed by atoms with E-state index in [0.29, 0.717) is 16.3 Å². The van der Waals surface area contributed by atoms with Crippen LogP contribution in [0.5, 0.6) is 5.75 Å². The molecule has 132 valence electrons. The van der Waals surface area contributed by atoms with Crippen molar-refractivity contribution in [3.8, 4) is 5.75 Å². The van der Waals surface area contributed by atoms with Crippen LogP contribution in [0, 0.1) is 6.92 Å². The number of methoxy groups -OCH3 is 1. The summed E-state index contributed by atoms with van der Waals surface area (Å²) in [4.78, 5) is 14.5. The average Bonchev–Trinajstić information content (AvgIpc) is 3.12. The van der Waals surface area contributed by atoms with Crippen molar-refractivity contribution in [1.82, 2.24) is 4.90 Å². The second kappa shape index (κ2) is 7.75. The Hall–Kier alpha value is -1.26. The topological polar surface area (TPSA) is 38.8 Å². The molecule has 1 heterocycles. The Morgan fingerprint density at radius 1 is 1.17 bits per heavy atom. The molecule has 1 saturated heterocycles. The van der Waals surface area contributed by atoms with Crippen LogP contribution in [0.2, 0.25) is 5.02 Å². The molecule has 2 aliphatic rings. The lowest BCUT2D eigenvalue weighted by Crippen LogP contribution is -2.38. The van der Waals surface area contributed by atoms with Crippen molar-refractivity contribution in [3.63, 3.8) is 0 Å². The molecular weight excluding hydrogens is 326 g/mol. The highest BCUT2D eigenvalue weighted by Gasteiger charge is 2.28. The quantitative estimate of drug-likeness (QED) is 0.761. The fourth-order valence-electron chi connectivity index (χ4n) is 3.91. The number of nitrogens with zero attached hydrogens (tertiary/aromatic N) is 1. The van der Waals surface area contributed by atoms with Gasteiger partial charge in [0.1, 0.15) is 5.75 Å². The van der Waals surface area contributed by atoms with Crippen molar-refractivity contribution in [2.75, 3.05) is 20.2 Å². The summed E-state index contributed by atoms with van der Waals surface area (Å²) in [6.45, 7) is 4.39. The summed E-state index contributed by atoms with van der Waals surface area (Å²) in [7, 11) is 1.38. The second-order valence-corrected chi connectivity index (χ2v) is 7.30. The van der Waals surface area contributed by atoms with Gasteiger partial charge in [-0.1, -0.05) is 11.6 Å². The molecule has 0 atom stereocenters. The molecule has 1 aromatic carbocycles. The smallest absolute Gasteiger partial charge is 0.338 e. The van der Waals surface area contributed by atoms with Gasteiger partial charge in [0.05, 0.1) is 18.8 Å². The lowest BCUT2D eigenvalue weighted by Gasteiger charge is -2.34. The molecule has 1 aliphatic heterocycles. The van der Waals surface area contributed by atoms with Gasteiger partial charge in [0.25, 0.3) is 0 Å². The van der Waals surface area contributed by atoms with Crippen molar-refractivity contribution in [2.45, 2.75) is 57.6 Å². The highest BCUT2D eigenvalue weighted by atomic mass is 35.5. The minimum absolute atomic E-state index is 0.200. The molecule has 0 amide bonds. The van der Waals surface area contributed by atoms with Crippen molar-refractivity contribution in [1.29, 1.82) is 0 Å². The van der Waals surface area contributed by atoms with Gasteiger partial charge in [-0.2, -0.15) is 0 Å². The molecule has 1 aliphatic carbocycles. The summed E-state index contributed by atoms with van der Waals surface area (Å²) in [6, 6.07) is 4.16. The third-order valence-electron chi connectivity index (χ3n) is 5.32. The van der Waals surface area contributed by atoms with Gasteiger partial charge in [0.15, 0.2) is 0 Å². The molecule has 2 fully saturated rings. The second-order valence-electron chi connectivity index (χ2n) is 6.86. The Morgan fingerprint density at radius 2 is 1.83 bits per heavy atom. The monoisotopic (exact) mass is 351 g/mol. The number of hydrogen-bond acceptors (Lipinski definition) is 4. The van der Waals surface area contributed by atoms with Crippen molar-refractivity contribution in [2.24, 2.45) is 0 Å². The number of carbonyl (C=O) groups excluding carboxylic acids is 1. The lowest BCUT2D eigenvalue weighted by molar-refractivity contribution is 0.0598. The number of rotatable bonds is 4. The van der Waals surface area contributed by atoms with Gasteiger partial charge in [0, 0.05) is 16.6 Å². The van der Waals surface area contributed by atoms with E-state index >= 15 is 0 Å². The van der Waals surface area contributed by atoms with E-state index in [0.717, 1.165) is 24.4 Å². The van der Waals surface area contributed by atoms with E-state index in [9.17, 15) is 4.79 Å². The van der Waals surface area contributed by atoms with Crippen LogP contribution < -0.4 is 4.74 Å².